The van der Waals surface area contributed by atoms with Crippen molar-refractivity contribution in [1.82, 2.24) is 14.5 Å². The molecule has 11 nitrogen and oxygen atoms in total. The third kappa shape index (κ3) is 4.30. The Bertz CT molecular complexity index is 1250. The fourth-order valence-corrected chi connectivity index (χ4v) is 5.38. The highest BCUT2D eigenvalue weighted by Gasteiger charge is 2.47. The monoisotopic (exact) mass is 491 g/mol. The van der Waals surface area contributed by atoms with Crippen LogP contribution in [0.25, 0.3) is 11.0 Å². The van der Waals surface area contributed by atoms with Gasteiger partial charge in [-0.05, 0) is 43.3 Å². The maximum Gasteiger partial charge on any atom is 0.420 e. The fourth-order valence-electron chi connectivity index (χ4n) is 3.95. The maximum atomic E-state index is 13.0. The van der Waals surface area contributed by atoms with Gasteiger partial charge in [-0.2, -0.15) is 9.13 Å². The van der Waals surface area contributed by atoms with Gasteiger partial charge in [-0.15, -0.1) is 0 Å². The van der Waals surface area contributed by atoms with Crippen LogP contribution >= 0.6 is 0 Å². The van der Waals surface area contributed by atoms with Gasteiger partial charge in [0.1, 0.15) is 0 Å². The highest BCUT2D eigenvalue weighted by Crippen LogP contribution is 2.39. The maximum absolute atomic E-state index is 13.0. The number of amides is 1. The molecule has 1 aromatic carbocycles. The summed E-state index contributed by atoms with van der Waals surface area (Å²) in [6.07, 6.45) is -3.74. The predicted molar refractivity (Wildman–Crippen MR) is 125 cm³/mol. The normalized spacial score (nSPS) is 19.4. The second-order valence-corrected chi connectivity index (χ2v) is 14.8. The van der Waals surface area contributed by atoms with Crippen molar-refractivity contribution in [3.05, 3.63) is 34.2 Å². The molecule has 3 rings (SSSR count). The average molecular weight is 492 g/mol. The highest BCUT2D eigenvalue weighted by atomic mass is 28.4. The van der Waals surface area contributed by atoms with Crippen molar-refractivity contribution < 1.29 is 33.8 Å². The first kappa shape index (κ1) is 25.4. The van der Waals surface area contributed by atoms with Gasteiger partial charge in [0.2, 0.25) is 5.91 Å². The lowest BCUT2D eigenvalue weighted by molar-refractivity contribution is -0.139. The zero-order valence-electron chi connectivity index (χ0n) is 19.9. The Morgan fingerprint density at radius 1 is 1.09 bits per heavy atom. The van der Waals surface area contributed by atoms with Crippen LogP contribution in [0.1, 0.15) is 44.5 Å². The fraction of sp³-hybridized carbons (Fsp3) is 0.500. The smallest absolute Gasteiger partial charge is 0.420 e. The molecule has 0 unspecified atom stereocenters. The molecular formula is C22H29N3O8Si. The molecule has 1 aliphatic rings. The lowest BCUT2D eigenvalue weighted by Gasteiger charge is -2.45. The summed E-state index contributed by atoms with van der Waals surface area (Å²) >= 11 is 0. The van der Waals surface area contributed by atoms with E-state index in [4.69, 9.17) is 4.43 Å². The van der Waals surface area contributed by atoms with Gasteiger partial charge in [-0.25, -0.2) is 14.4 Å². The van der Waals surface area contributed by atoms with Crippen molar-refractivity contribution in [2.75, 3.05) is 0 Å². The molecule has 34 heavy (non-hydrogen) atoms. The van der Waals surface area contributed by atoms with Gasteiger partial charge >= 0.3 is 17.9 Å². The number of carboxylic acid groups (broad SMARTS) is 2. The summed E-state index contributed by atoms with van der Waals surface area (Å²) in [7, 11) is -2.14. The van der Waals surface area contributed by atoms with Crippen LogP contribution in [0.3, 0.4) is 0 Å². The highest BCUT2D eigenvalue weighted by molar-refractivity contribution is 6.74. The number of rotatable bonds is 6. The van der Waals surface area contributed by atoms with Crippen molar-refractivity contribution in [3.63, 3.8) is 0 Å². The van der Waals surface area contributed by atoms with E-state index in [0.717, 1.165) is 0 Å². The molecule has 0 aliphatic carbocycles. The van der Waals surface area contributed by atoms with Crippen LogP contribution in [0.15, 0.2) is 23.0 Å². The number of nitrogens with one attached hydrogen (secondary N) is 1. The van der Waals surface area contributed by atoms with Crippen LogP contribution < -0.4 is 11.0 Å². The molecule has 12 heteroatoms. The summed E-state index contributed by atoms with van der Waals surface area (Å²) in [5.74, 6) is -1.09. The van der Waals surface area contributed by atoms with Crippen molar-refractivity contribution >= 4 is 43.2 Å². The van der Waals surface area contributed by atoms with E-state index in [1.54, 1.807) is 0 Å². The quantitative estimate of drug-likeness (QED) is 0.316. The number of β-lactam (4-membered cyclic amide) rings is 1. The molecule has 0 bridgehead atoms. The summed E-state index contributed by atoms with van der Waals surface area (Å²) < 4.78 is 6.92. The molecule has 1 saturated heterocycles. The van der Waals surface area contributed by atoms with E-state index in [0.29, 0.717) is 4.57 Å². The number of carbonyl (C=O) groups is 4. The van der Waals surface area contributed by atoms with Crippen LogP contribution in [0.2, 0.25) is 18.1 Å². The number of aromatic nitrogens is 2. The molecular weight excluding hydrogens is 462 g/mol. The zero-order valence-corrected chi connectivity index (χ0v) is 20.9. The summed E-state index contributed by atoms with van der Waals surface area (Å²) in [5.41, 5.74) is -1.53. The second kappa shape index (κ2) is 8.51. The average Bonchev–Trinajstić information content (AvgIpc) is 2.96. The minimum absolute atomic E-state index is 0.0471. The number of nitrogens with zero attached hydrogens (tertiary/aromatic N) is 2. The van der Waals surface area contributed by atoms with Crippen LogP contribution in [-0.2, 0) is 9.22 Å². The first-order valence-corrected chi connectivity index (χ1v) is 13.7. The molecule has 1 aliphatic heterocycles. The van der Waals surface area contributed by atoms with Crippen molar-refractivity contribution in [2.45, 2.75) is 64.4 Å². The number of hydrogen-bond donors (Lipinski definition) is 3. The number of ketones is 1. The topological polar surface area (TPSA) is 157 Å². The third-order valence-electron chi connectivity index (χ3n) is 6.81. The molecule has 0 saturated carbocycles. The number of benzene rings is 1. The molecule has 1 aromatic heterocycles. The lowest BCUT2D eigenvalue weighted by atomic mass is 9.82. The minimum atomic E-state index is -2.14. The van der Waals surface area contributed by atoms with E-state index in [-0.39, 0.29) is 44.3 Å². The molecule has 0 radical (unpaired) electrons. The van der Waals surface area contributed by atoms with E-state index in [1.807, 2.05) is 6.92 Å². The van der Waals surface area contributed by atoms with E-state index < -0.39 is 44.3 Å². The number of fused-ring (bicyclic) bond motifs is 1. The second-order valence-electron chi connectivity index (χ2n) is 10.1. The summed E-state index contributed by atoms with van der Waals surface area (Å²) in [4.78, 5) is 60.5. The number of hydrogen-bond acceptors (Lipinski definition) is 6. The Labute approximate surface area is 196 Å². The standard InChI is InChI=1S/C22H29N3O8Si/c1-11(33-34(5,6)22(2,3)4)17-13(23-18(17)27)10-16(26)12-7-8-14-15(9-12)25(21(31)32)19(28)24(14)20(29)30/h7-9,11,13,17H,10H2,1-6H3,(H,23,27)(H,29,30)(H,31,32)/t11-,13-,17-/m1/s1. The summed E-state index contributed by atoms with van der Waals surface area (Å²) in [5, 5.41) is 21.3. The van der Waals surface area contributed by atoms with Crippen molar-refractivity contribution in [1.29, 1.82) is 0 Å². The van der Waals surface area contributed by atoms with Gasteiger partial charge in [0.25, 0.3) is 0 Å². The van der Waals surface area contributed by atoms with E-state index >= 15 is 0 Å². The molecule has 1 amide bonds. The molecule has 3 atom stereocenters. The zero-order chi connectivity index (χ0) is 25.7. The van der Waals surface area contributed by atoms with Gasteiger partial charge in [0, 0.05) is 12.0 Å². The predicted octanol–water partition coefficient (Wildman–Crippen LogP) is 2.95. The third-order valence-corrected chi connectivity index (χ3v) is 11.4. The Kier molecular flexibility index (Phi) is 6.35. The molecule has 2 aromatic rings. The Balaban J connectivity index is 1.85. The Morgan fingerprint density at radius 3 is 2.15 bits per heavy atom. The molecule has 0 spiro atoms. The molecule has 2 heterocycles. The summed E-state index contributed by atoms with van der Waals surface area (Å²) in [6.45, 7) is 12.3. The number of carbonyl (C=O) groups excluding carboxylic acids is 2. The minimum Gasteiger partial charge on any atom is -0.464 e. The first-order chi connectivity index (χ1) is 15.6. The van der Waals surface area contributed by atoms with E-state index in [2.05, 4.69) is 39.2 Å². The SMILES string of the molecule is C[C@@H](O[Si](C)(C)C(C)(C)C)[C@H]1C(=O)N[C@@H]1CC(=O)c1ccc2c(c1)n(C(=O)O)c(=O)n2C(=O)O. The van der Waals surface area contributed by atoms with Crippen molar-refractivity contribution in [3.8, 4) is 0 Å². The van der Waals surface area contributed by atoms with E-state index in [9.17, 15) is 34.2 Å². The largest absolute Gasteiger partial charge is 0.464 e. The van der Waals surface area contributed by atoms with Crippen LogP contribution in [0, 0.1) is 5.92 Å². The van der Waals surface area contributed by atoms with Gasteiger partial charge in [0.15, 0.2) is 14.1 Å². The van der Waals surface area contributed by atoms with Gasteiger partial charge < -0.3 is 20.0 Å². The van der Waals surface area contributed by atoms with Gasteiger partial charge in [-0.3, -0.25) is 9.59 Å². The summed E-state index contributed by atoms with van der Waals surface area (Å²) in [6, 6.07) is 3.27. The Morgan fingerprint density at radius 2 is 1.65 bits per heavy atom. The van der Waals surface area contributed by atoms with Gasteiger partial charge in [0.05, 0.1) is 29.1 Å². The van der Waals surface area contributed by atoms with Crippen LogP contribution in [-0.4, -0.2) is 63.7 Å². The van der Waals surface area contributed by atoms with Gasteiger partial charge in [-0.1, -0.05) is 20.8 Å². The molecule has 3 N–H and O–H groups in total. The Hall–Kier alpha value is -3.25. The van der Waals surface area contributed by atoms with Crippen molar-refractivity contribution in [2.24, 2.45) is 5.92 Å². The van der Waals surface area contributed by atoms with Crippen LogP contribution in [0.5, 0.6) is 0 Å². The number of Topliss-reactive ketones (excluding diaryl/α,β-unsaturated/α-hetero) is 1. The lowest BCUT2D eigenvalue weighted by Crippen LogP contribution is -2.64. The molecule has 184 valence electrons. The van der Waals surface area contributed by atoms with Crippen LogP contribution in [0.4, 0.5) is 9.59 Å². The molecule has 1 fully saturated rings. The number of imidazole rings is 1. The van der Waals surface area contributed by atoms with E-state index in [1.165, 1.54) is 18.2 Å². The first-order valence-electron chi connectivity index (χ1n) is 10.8.